The van der Waals surface area contributed by atoms with Gasteiger partial charge in [0.05, 0.1) is 11.9 Å². The predicted molar refractivity (Wildman–Crippen MR) is 174 cm³/mol. The number of carbonyl (C=O) groups excluding carboxylic acids is 2. The predicted octanol–water partition coefficient (Wildman–Crippen LogP) is 5.97. The molecular weight excluding hydrogens is 614 g/mol. The maximum absolute atomic E-state index is 13.9. The smallest absolute Gasteiger partial charge is 0.243 e. The monoisotopic (exact) mass is 655 g/mol. The van der Waals surface area contributed by atoms with E-state index in [4.69, 9.17) is 0 Å². The summed E-state index contributed by atoms with van der Waals surface area (Å²) in [5.74, 6) is -0.149. The molecule has 0 aliphatic rings. The molecule has 7 nitrogen and oxygen atoms in total. The summed E-state index contributed by atoms with van der Waals surface area (Å²) in [4.78, 5) is 29.2. The van der Waals surface area contributed by atoms with E-state index in [-0.39, 0.29) is 37.2 Å². The Morgan fingerprint density at radius 2 is 1.57 bits per heavy atom. The van der Waals surface area contributed by atoms with E-state index in [1.807, 2.05) is 87.5 Å². The molecule has 0 fully saturated rings. The van der Waals surface area contributed by atoms with E-state index in [1.165, 1.54) is 10.6 Å². The SMILES string of the molecule is CCc1ccc(N(CCCC(=O)N(Cc2cccc(Br)c2)[C@H](Cc2ccccc2)C(=O)NCC(C)C)S(C)(=O)=O)cc1. The van der Waals surface area contributed by atoms with E-state index >= 15 is 0 Å². The van der Waals surface area contributed by atoms with Gasteiger partial charge in [-0.1, -0.05) is 91.3 Å². The summed E-state index contributed by atoms with van der Waals surface area (Å²) < 4.78 is 27.6. The van der Waals surface area contributed by atoms with Crippen LogP contribution in [-0.4, -0.2) is 50.5 Å². The van der Waals surface area contributed by atoms with Crippen LogP contribution in [0, 0.1) is 5.92 Å². The van der Waals surface area contributed by atoms with Crippen LogP contribution in [0.5, 0.6) is 0 Å². The molecule has 0 saturated carbocycles. The topological polar surface area (TPSA) is 86.8 Å². The molecule has 3 aromatic rings. The van der Waals surface area contributed by atoms with Crippen molar-refractivity contribution in [1.29, 1.82) is 0 Å². The third-order valence-corrected chi connectivity index (χ3v) is 8.67. The van der Waals surface area contributed by atoms with E-state index in [9.17, 15) is 18.0 Å². The minimum Gasteiger partial charge on any atom is -0.354 e. The zero-order valence-corrected chi connectivity index (χ0v) is 27.3. The number of rotatable bonds is 15. The van der Waals surface area contributed by atoms with Gasteiger partial charge in [-0.25, -0.2) is 8.42 Å². The summed E-state index contributed by atoms with van der Waals surface area (Å²) in [7, 11) is -3.56. The van der Waals surface area contributed by atoms with Crippen molar-refractivity contribution in [3.63, 3.8) is 0 Å². The lowest BCUT2D eigenvalue weighted by atomic mass is 10.0. The number of hydrogen-bond donors (Lipinski definition) is 1. The van der Waals surface area contributed by atoms with Gasteiger partial charge in [-0.15, -0.1) is 0 Å². The van der Waals surface area contributed by atoms with Crippen LogP contribution >= 0.6 is 15.9 Å². The van der Waals surface area contributed by atoms with Gasteiger partial charge in [0.2, 0.25) is 21.8 Å². The molecule has 9 heteroatoms. The molecule has 1 N–H and O–H groups in total. The quantitative estimate of drug-likeness (QED) is 0.219. The Labute approximate surface area is 259 Å². The molecular formula is C33H42BrN3O4S. The third kappa shape index (κ3) is 10.3. The Hall–Kier alpha value is -3.17. The fourth-order valence-electron chi connectivity index (χ4n) is 4.71. The van der Waals surface area contributed by atoms with Crippen molar-refractivity contribution in [3.05, 3.63) is 100 Å². The maximum atomic E-state index is 13.9. The molecule has 0 radical (unpaired) electrons. The Kier molecular flexibility index (Phi) is 12.6. The van der Waals surface area contributed by atoms with Gasteiger partial charge in [0.1, 0.15) is 6.04 Å². The summed E-state index contributed by atoms with van der Waals surface area (Å²) >= 11 is 3.51. The second kappa shape index (κ2) is 15.9. The Morgan fingerprint density at radius 3 is 2.17 bits per heavy atom. The van der Waals surface area contributed by atoms with Crippen molar-refractivity contribution in [1.82, 2.24) is 10.2 Å². The first kappa shape index (κ1) is 33.3. The first-order chi connectivity index (χ1) is 20.0. The molecule has 0 aliphatic carbocycles. The lowest BCUT2D eigenvalue weighted by molar-refractivity contribution is -0.141. The number of anilines is 1. The molecule has 0 aromatic heterocycles. The van der Waals surface area contributed by atoms with Crippen LogP contribution in [0.2, 0.25) is 0 Å². The molecule has 0 bridgehead atoms. The van der Waals surface area contributed by atoms with Crippen LogP contribution in [0.1, 0.15) is 50.3 Å². The molecule has 3 rings (SSSR count). The number of carbonyl (C=O) groups is 2. The van der Waals surface area contributed by atoms with Gasteiger partial charge in [-0.2, -0.15) is 0 Å². The number of amides is 2. The van der Waals surface area contributed by atoms with E-state index in [0.29, 0.717) is 25.1 Å². The average molecular weight is 657 g/mol. The summed E-state index contributed by atoms with van der Waals surface area (Å²) in [5, 5.41) is 3.03. The number of halogens is 1. The molecule has 2 amide bonds. The van der Waals surface area contributed by atoms with Gasteiger partial charge in [-0.05, 0) is 59.7 Å². The third-order valence-electron chi connectivity index (χ3n) is 6.98. The molecule has 0 heterocycles. The van der Waals surface area contributed by atoms with Gasteiger partial charge in [0.15, 0.2) is 0 Å². The summed E-state index contributed by atoms with van der Waals surface area (Å²) in [5.41, 5.74) is 3.53. The minimum absolute atomic E-state index is 0.0931. The van der Waals surface area contributed by atoms with Crippen LogP contribution in [0.3, 0.4) is 0 Å². The first-order valence-electron chi connectivity index (χ1n) is 14.4. The summed E-state index contributed by atoms with van der Waals surface area (Å²) in [6.45, 7) is 7.01. The van der Waals surface area contributed by atoms with Crippen molar-refractivity contribution in [2.75, 3.05) is 23.7 Å². The highest BCUT2D eigenvalue weighted by atomic mass is 79.9. The van der Waals surface area contributed by atoms with Crippen LogP contribution < -0.4 is 9.62 Å². The Bertz CT molecular complexity index is 1410. The second-order valence-electron chi connectivity index (χ2n) is 11.0. The van der Waals surface area contributed by atoms with Gasteiger partial charge in [0.25, 0.3) is 0 Å². The molecule has 1 atom stereocenters. The molecule has 0 saturated heterocycles. The zero-order valence-electron chi connectivity index (χ0n) is 24.9. The van der Waals surface area contributed by atoms with E-state index in [0.717, 1.165) is 27.6 Å². The van der Waals surface area contributed by atoms with Crippen molar-refractivity contribution in [2.45, 2.75) is 59.0 Å². The molecule has 226 valence electrons. The number of sulfonamides is 1. The van der Waals surface area contributed by atoms with Crippen molar-refractivity contribution in [3.8, 4) is 0 Å². The summed E-state index contributed by atoms with van der Waals surface area (Å²) in [6.07, 6.45) is 2.80. The Balaban J connectivity index is 1.87. The van der Waals surface area contributed by atoms with Crippen molar-refractivity contribution < 1.29 is 18.0 Å². The van der Waals surface area contributed by atoms with Crippen LogP contribution in [0.4, 0.5) is 5.69 Å². The van der Waals surface area contributed by atoms with Crippen LogP contribution in [0.15, 0.2) is 83.3 Å². The standard InChI is InChI=1S/C33H42BrN3O4S/c1-5-26-16-18-30(19-17-26)37(42(4,40)41)20-10-15-32(38)36(24-28-13-9-14-29(34)21-28)31(33(39)35-23-25(2)3)22-27-11-7-6-8-12-27/h6-9,11-14,16-19,21,25,31H,5,10,15,20,22-24H2,1-4H3,(H,35,39)/t31-/m1/s1. The molecule has 0 aliphatic heterocycles. The fraction of sp³-hybridized carbons (Fsp3) is 0.394. The van der Waals surface area contributed by atoms with Gasteiger partial charge < -0.3 is 10.2 Å². The van der Waals surface area contributed by atoms with Crippen molar-refractivity contribution in [2.24, 2.45) is 5.92 Å². The number of hydrogen-bond acceptors (Lipinski definition) is 4. The number of nitrogens with one attached hydrogen (secondary N) is 1. The highest BCUT2D eigenvalue weighted by molar-refractivity contribution is 9.10. The van der Waals surface area contributed by atoms with Crippen molar-refractivity contribution >= 4 is 43.5 Å². The summed E-state index contributed by atoms with van der Waals surface area (Å²) in [6, 6.07) is 24.1. The normalized spacial score (nSPS) is 12.1. The Morgan fingerprint density at radius 1 is 0.905 bits per heavy atom. The zero-order chi connectivity index (χ0) is 30.7. The molecule has 3 aromatic carbocycles. The fourth-order valence-corrected chi connectivity index (χ4v) is 6.12. The highest BCUT2D eigenvalue weighted by Crippen LogP contribution is 2.22. The van der Waals surface area contributed by atoms with Gasteiger partial charge in [0, 0.05) is 36.9 Å². The van der Waals surface area contributed by atoms with E-state index in [2.05, 4.69) is 21.2 Å². The molecule has 0 unspecified atom stereocenters. The van der Waals surface area contributed by atoms with Crippen LogP contribution in [-0.2, 0) is 39.0 Å². The lowest BCUT2D eigenvalue weighted by Crippen LogP contribution is -2.51. The number of benzene rings is 3. The van der Waals surface area contributed by atoms with Crippen LogP contribution in [0.25, 0.3) is 0 Å². The average Bonchev–Trinajstić information content (AvgIpc) is 2.95. The maximum Gasteiger partial charge on any atom is 0.243 e. The first-order valence-corrected chi connectivity index (χ1v) is 17.0. The minimum atomic E-state index is -3.56. The van der Waals surface area contributed by atoms with E-state index < -0.39 is 16.1 Å². The van der Waals surface area contributed by atoms with Gasteiger partial charge >= 0.3 is 0 Å². The lowest BCUT2D eigenvalue weighted by Gasteiger charge is -2.32. The molecule has 42 heavy (non-hydrogen) atoms. The largest absolute Gasteiger partial charge is 0.354 e. The second-order valence-corrected chi connectivity index (χ2v) is 13.8. The number of nitrogens with zero attached hydrogens (tertiary/aromatic N) is 2. The number of aryl methyl sites for hydroxylation is 1. The van der Waals surface area contributed by atoms with E-state index in [1.54, 1.807) is 17.0 Å². The highest BCUT2D eigenvalue weighted by Gasteiger charge is 2.30. The van der Waals surface area contributed by atoms with Gasteiger partial charge in [-0.3, -0.25) is 13.9 Å². The molecule has 0 spiro atoms.